The van der Waals surface area contributed by atoms with Crippen LogP contribution in [0, 0.1) is 0 Å². The Morgan fingerprint density at radius 1 is 0.963 bits per heavy atom. The smallest absolute Gasteiger partial charge is 0.143 e. The topological polar surface area (TPSA) is 71.1 Å². The summed E-state index contributed by atoms with van der Waals surface area (Å²) in [5.41, 5.74) is 3.75. The van der Waals surface area contributed by atoms with Gasteiger partial charge in [-0.3, -0.25) is 0 Å². The lowest BCUT2D eigenvalue weighted by atomic mass is 10.1. The molecule has 3 aromatic rings. The summed E-state index contributed by atoms with van der Waals surface area (Å²) in [5, 5.41) is 9.75. The highest BCUT2D eigenvalue weighted by Crippen LogP contribution is 2.28. The largest absolute Gasteiger partial charge is 0.497 e. The van der Waals surface area contributed by atoms with Crippen LogP contribution in [0.15, 0.2) is 60.9 Å². The first-order chi connectivity index (χ1) is 13.2. The normalized spacial score (nSPS) is 11.0. The first-order valence-corrected chi connectivity index (χ1v) is 8.64. The van der Waals surface area contributed by atoms with Crippen LogP contribution in [0.5, 0.6) is 5.75 Å². The zero-order valence-electron chi connectivity index (χ0n) is 15.7. The molecule has 0 spiro atoms. The Labute approximate surface area is 159 Å². The predicted molar refractivity (Wildman–Crippen MR) is 111 cm³/mol. The van der Waals surface area contributed by atoms with Crippen molar-refractivity contribution < 1.29 is 4.74 Å². The Balaban J connectivity index is 2.06. The second kappa shape index (κ2) is 8.71. The van der Waals surface area contributed by atoms with Gasteiger partial charge in [0.25, 0.3) is 0 Å². The number of nitrogens with one attached hydrogen (secondary N) is 3. The van der Waals surface area contributed by atoms with Crippen molar-refractivity contribution in [1.29, 1.82) is 0 Å². The molecule has 0 aliphatic carbocycles. The van der Waals surface area contributed by atoms with E-state index in [1.54, 1.807) is 13.4 Å². The fourth-order valence-electron chi connectivity index (χ4n) is 2.72. The van der Waals surface area contributed by atoms with Crippen LogP contribution in [0.4, 0.5) is 17.3 Å². The molecule has 6 heteroatoms. The fraction of sp³-hybridized carbons (Fsp3) is 0.143. The molecule has 0 unspecified atom stereocenters. The van der Waals surface area contributed by atoms with Crippen LogP contribution in [0.2, 0.25) is 0 Å². The molecule has 6 nitrogen and oxygen atoms in total. The van der Waals surface area contributed by atoms with Crippen LogP contribution >= 0.6 is 0 Å². The lowest BCUT2D eigenvalue weighted by molar-refractivity contribution is 0.414. The van der Waals surface area contributed by atoms with E-state index in [-0.39, 0.29) is 0 Å². The van der Waals surface area contributed by atoms with Crippen LogP contribution in [0.1, 0.15) is 11.1 Å². The Bertz CT molecular complexity index is 925. The number of anilines is 3. The molecule has 3 N–H and O–H groups in total. The number of hydrogen-bond donors (Lipinski definition) is 3. The Kier molecular flexibility index (Phi) is 5.89. The van der Waals surface area contributed by atoms with Gasteiger partial charge >= 0.3 is 0 Å². The van der Waals surface area contributed by atoms with Crippen molar-refractivity contribution in [2.45, 2.75) is 0 Å². The molecule has 0 fully saturated rings. The highest BCUT2D eigenvalue weighted by molar-refractivity contribution is 5.88. The minimum Gasteiger partial charge on any atom is -0.497 e. The van der Waals surface area contributed by atoms with E-state index < -0.39 is 0 Å². The van der Waals surface area contributed by atoms with Crippen molar-refractivity contribution in [3.63, 3.8) is 0 Å². The van der Waals surface area contributed by atoms with E-state index in [1.807, 2.05) is 74.8 Å². The van der Waals surface area contributed by atoms with Crippen molar-refractivity contribution in [2.24, 2.45) is 0 Å². The van der Waals surface area contributed by atoms with Crippen molar-refractivity contribution in [3.8, 4) is 5.75 Å². The first kappa shape index (κ1) is 18.3. The quantitative estimate of drug-likeness (QED) is 0.591. The number of nitrogens with zero attached hydrogens (tertiary/aromatic N) is 2. The maximum absolute atomic E-state index is 5.34. The van der Waals surface area contributed by atoms with Crippen LogP contribution in [-0.2, 0) is 0 Å². The summed E-state index contributed by atoms with van der Waals surface area (Å²) in [5.74, 6) is 2.25. The van der Waals surface area contributed by atoms with Crippen molar-refractivity contribution >= 4 is 29.1 Å². The molecule has 1 heterocycles. The van der Waals surface area contributed by atoms with E-state index in [1.165, 1.54) is 0 Å². The molecule has 138 valence electrons. The minimum absolute atomic E-state index is 0.719. The summed E-state index contributed by atoms with van der Waals surface area (Å²) in [7, 11) is 5.39. The van der Waals surface area contributed by atoms with Crippen LogP contribution in [-0.4, -0.2) is 31.2 Å². The summed E-state index contributed by atoms with van der Waals surface area (Å²) in [4.78, 5) is 8.79. The number of benzene rings is 2. The van der Waals surface area contributed by atoms with Gasteiger partial charge in [0.2, 0.25) is 0 Å². The molecular weight excluding hydrogens is 338 g/mol. The molecule has 3 rings (SSSR count). The van der Waals surface area contributed by atoms with Gasteiger partial charge in [-0.15, -0.1) is 0 Å². The van der Waals surface area contributed by atoms with E-state index in [9.17, 15) is 0 Å². The lowest BCUT2D eigenvalue weighted by Gasteiger charge is -2.14. The lowest BCUT2D eigenvalue weighted by Crippen LogP contribution is -2.07. The average Bonchev–Trinajstić information content (AvgIpc) is 2.73. The molecule has 0 saturated carbocycles. The van der Waals surface area contributed by atoms with Gasteiger partial charge in [0.05, 0.1) is 12.7 Å². The summed E-state index contributed by atoms with van der Waals surface area (Å²) in [6.07, 6.45) is 3.56. The van der Waals surface area contributed by atoms with Gasteiger partial charge in [-0.25, -0.2) is 9.97 Å². The fourth-order valence-corrected chi connectivity index (χ4v) is 2.72. The summed E-state index contributed by atoms with van der Waals surface area (Å²) >= 11 is 0. The molecule has 0 radical (unpaired) electrons. The summed E-state index contributed by atoms with van der Waals surface area (Å²) < 4.78 is 5.34. The molecular formula is C21H23N5O. The molecule has 1 aromatic heterocycles. The van der Waals surface area contributed by atoms with E-state index in [2.05, 4.69) is 25.9 Å². The van der Waals surface area contributed by atoms with Gasteiger partial charge in [0, 0.05) is 31.0 Å². The second-order valence-corrected chi connectivity index (χ2v) is 5.77. The molecule has 0 atom stereocenters. The molecule has 2 aromatic carbocycles. The Morgan fingerprint density at radius 3 is 2.44 bits per heavy atom. The summed E-state index contributed by atoms with van der Waals surface area (Å²) in [6.45, 7) is 0. The zero-order valence-corrected chi connectivity index (χ0v) is 15.7. The van der Waals surface area contributed by atoms with Crippen LogP contribution in [0.3, 0.4) is 0 Å². The highest BCUT2D eigenvalue weighted by Gasteiger charge is 2.11. The van der Waals surface area contributed by atoms with Crippen LogP contribution in [0.25, 0.3) is 11.8 Å². The molecule has 0 aliphatic heterocycles. The third kappa shape index (κ3) is 4.36. The highest BCUT2D eigenvalue weighted by atomic mass is 16.5. The third-order valence-electron chi connectivity index (χ3n) is 4.10. The average molecular weight is 361 g/mol. The van der Waals surface area contributed by atoms with Gasteiger partial charge in [-0.05, 0) is 30.3 Å². The number of rotatable bonds is 7. The number of methoxy groups -OCH3 is 1. The Morgan fingerprint density at radius 2 is 1.74 bits per heavy atom. The van der Waals surface area contributed by atoms with E-state index in [0.717, 1.165) is 39.9 Å². The number of ether oxygens (including phenoxy) is 1. The van der Waals surface area contributed by atoms with E-state index >= 15 is 0 Å². The predicted octanol–water partition coefficient (Wildman–Crippen LogP) is 3.99. The van der Waals surface area contributed by atoms with Crippen LogP contribution < -0.4 is 20.7 Å². The van der Waals surface area contributed by atoms with Gasteiger partial charge in [0.1, 0.15) is 23.7 Å². The van der Waals surface area contributed by atoms with Gasteiger partial charge in [-0.1, -0.05) is 30.3 Å². The molecule has 0 aliphatic rings. The maximum atomic E-state index is 5.34. The molecule has 27 heavy (non-hydrogen) atoms. The number of hydrogen-bond acceptors (Lipinski definition) is 6. The molecule has 0 saturated heterocycles. The Hall–Kier alpha value is -3.54. The second-order valence-electron chi connectivity index (χ2n) is 5.77. The van der Waals surface area contributed by atoms with Gasteiger partial charge in [0.15, 0.2) is 0 Å². The number of para-hydroxylation sites is 1. The maximum Gasteiger partial charge on any atom is 0.143 e. The first-order valence-electron chi connectivity index (χ1n) is 8.64. The zero-order chi connectivity index (χ0) is 19.1. The minimum atomic E-state index is 0.719. The van der Waals surface area contributed by atoms with Crippen molar-refractivity contribution in [3.05, 3.63) is 72.1 Å². The van der Waals surface area contributed by atoms with Gasteiger partial charge < -0.3 is 20.7 Å². The van der Waals surface area contributed by atoms with Crippen molar-refractivity contribution in [2.75, 3.05) is 31.8 Å². The van der Waals surface area contributed by atoms with E-state index in [0.29, 0.717) is 0 Å². The molecule has 0 amide bonds. The summed E-state index contributed by atoms with van der Waals surface area (Å²) in [6, 6.07) is 17.8. The third-order valence-corrected chi connectivity index (χ3v) is 4.10. The van der Waals surface area contributed by atoms with Crippen molar-refractivity contribution in [1.82, 2.24) is 15.3 Å². The standard InChI is InChI=1S/C21H23N5O/c1-22-19(15-8-7-11-17(12-15)27-3)13-18-20(23-2)24-14-25-21(18)26-16-9-5-4-6-10-16/h4-14,22H,1-3H3,(H2,23,24,25,26)/b19-13-. The van der Waals surface area contributed by atoms with Gasteiger partial charge in [-0.2, -0.15) is 0 Å². The van der Waals surface area contributed by atoms with E-state index in [4.69, 9.17) is 4.74 Å². The monoisotopic (exact) mass is 361 g/mol. The molecule has 0 bridgehead atoms. The number of aromatic nitrogens is 2. The SMILES string of the molecule is CN/C(=C\c1c(NC)ncnc1Nc1ccccc1)c1cccc(OC)c1.